The first kappa shape index (κ1) is 23.5. The van der Waals surface area contributed by atoms with E-state index in [0.29, 0.717) is 12.8 Å². The topological polar surface area (TPSA) is 83.5 Å². The van der Waals surface area contributed by atoms with Crippen LogP contribution in [0, 0.1) is 6.92 Å². The fraction of sp³-hybridized carbons (Fsp3) is 0.286. The summed E-state index contributed by atoms with van der Waals surface area (Å²) in [5, 5.41) is 4.08. The zero-order valence-electron chi connectivity index (χ0n) is 20.6. The van der Waals surface area contributed by atoms with Crippen LogP contribution < -0.4 is 19.9 Å². The van der Waals surface area contributed by atoms with Crippen LogP contribution in [-0.4, -0.2) is 54.1 Å². The molecule has 0 radical (unpaired) electrons. The van der Waals surface area contributed by atoms with Crippen molar-refractivity contribution < 1.29 is 9.53 Å². The molecular formula is C28H30N6O2. The highest BCUT2D eigenvalue weighted by Gasteiger charge is 2.20. The Morgan fingerprint density at radius 1 is 0.972 bits per heavy atom. The van der Waals surface area contributed by atoms with Crippen molar-refractivity contribution in [2.45, 2.75) is 19.8 Å². The minimum atomic E-state index is -0.00679. The molecule has 1 saturated heterocycles. The molecule has 8 nitrogen and oxygen atoms in total. The average Bonchev–Trinajstić information content (AvgIpc) is 2.93. The number of nitrogens with zero attached hydrogens (tertiary/aromatic N) is 5. The van der Waals surface area contributed by atoms with Gasteiger partial charge in [0.2, 0.25) is 11.9 Å². The maximum Gasteiger partial charge on any atom is 0.225 e. The summed E-state index contributed by atoms with van der Waals surface area (Å²) in [5.74, 6) is 2.56. The zero-order chi connectivity index (χ0) is 24.9. The Labute approximate surface area is 211 Å². The van der Waals surface area contributed by atoms with Crippen molar-refractivity contribution in [1.82, 2.24) is 15.0 Å². The number of ether oxygens (including phenoxy) is 1. The van der Waals surface area contributed by atoms with E-state index in [9.17, 15) is 4.79 Å². The van der Waals surface area contributed by atoms with Crippen molar-refractivity contribution in [3.63, 3.8) is 0 Å². The van der Waals surface area contributed by atoms with Gasteiger partial charge in [-0.2, -0.15) is 0 Å². The van der Waals surface area contributed by atoms with Crippen LogP contribution in [0.25, 0.3) is 10.9 Å². The molecule has 36 heavy (non-hydrogen) atoms. The van der Waals surface area contributed by atoms with Gasteiger partial charge in [-0.05, 0) is 66.9 Å². The Balaban J connectivity index is 1.21. The van der Waals surface area contributed by atoms with Gasteiger partial charge in [0.15, 0.2) is 0 Å². The molecule has 0 saturated carbocycles. The number of anilines is 3. The van der Waals surface area contributed by atoms with Crippen LogP contribution in [0.3, 0.4) is 0 Å². The Kier molecular flexibility index (Phi) is 6.93. The molecule has 2 aromatic carbocycles. The molecule has 5 rings (SSSR count). The third-order valence-corrected chi connectivity index (χ3v) is 6.52. The molecule has 0 spiro atoms. The Morgan fingerprint density at radius 2 is 1.69 bits per heavy atom. The third kappa shape index (κ3) is 5.38. The predicted molar refractivity (Wildman–Crippen MR) is 143 cm³/mol. The van der Waals surface area contributed by atoms with E-state index >= 15 is 0 Å². The first-order chi connectivity index (χ1) is 17.6. The highest BCUT2D eigenvalue weighted by atomic mass is 16.5. The lowest BCUT2D eigenvalue weighted by Gasteiger charge is -2.35. The maximum atomic E-state index is 12.5. The smallest absolute Gasteiger partial charge is 0.225 e. The number of methoxy groups -OCH3 is 1. The normalized spacial score (nSPS) is 13.6. The molecule has 184 valence electrons. The second kappa shape index (κ2) is 10.6. The molecule has 4 aromatic rings. The largest absolute Gasteiger partial charge is 0.497 e. The van der Waals surface area contributed by atoms with Crippen LogP contribution in [0.4, 0.5) is 17.5 Å². The molecule has 8 heteroatoms. The number of fused-ring (bicyclic) bond motifs is 1. The van der Waals surface area contributed by atoms with Crippen LogP contribution in [0.1, 0.15) is 17.5 Å². The van der Waals surface area contributed by atoms with Gasteiger partial charge in [0, 0.05) is 56.1 Å². The van der Waals surface area contributed by atoms with E-state index in [-0.39, 0.29) is 5.91 Å². The molecule has 0 aliphatic carbocycles. The van der Waals surface area contributed by atoms with Gasteiger partial charge >= 0.3 is 0 Å². The lowest BCUT2D eigenvalue weighted by Crippen LogP contribution is -2.47. The van der Waals surface area contributed by atoms with Crippen molar-refractivity contribution in [1.29, 1.82) is 0 Å². The summed E-state index contributed by atoms with van der Waals surface area (Å²) in [6.07, 6.45) is 4.65. The van der Waals surface area contributed by atoms with Crippen LogP contribution in [-0.2, 0) is 11.2 Å². The van der Waals surface area contributed by atoms with Gasteiger partial charge in [0.25, 0.3) is 0 Å². The Hall–Kier alpha value is -4.20. The Morgan fingerprint density at radius 3 is 2.42 bits per heavy atom. The fourth-order valence-electron chi connectivity index (χ4n) is 4.48. The molecule has 0 bridgehead atoms. The third-order valence-electron chi connectivity index (χ3n) is 6.52. The van der Waals surface area contributed by atoms with Crippen molar-refractivity contribution in [2.75, 3.05) is 48.4 Å². The maximum absolute atomic E-state index is 12.5. The summed E-state index contributed by atoms with van der Waals surface area (Å²) in [4.78, 5) is 30.7. The van der Waals surface area contributed by atoms with Crippen LogP contribution >= 0.6 is 0 Å². The summed E-state index contributed by atoms with van der Waals surface area (Å²) in [6, 6.07) is 17.7. The molecule has 1 N–H and O–H groups in total. The molecule has 1 aliphatic rings. The summed E-state index contributed by atoms with van der Waals surface area (Å²) in [6.45, 7) is 5.52. The highest BCUT2D eigenvalue weighted by molar-refractivity contribution is 5.94. The highest BCUT2D eigenvalue weighted by Crippen LogP contribution is 2.26. The monoisotopic (exact) mass is 482 g/mol. The molecule has 1 fully saturated rings. The van der Waals surface area contributed by atoms with Crippen molar-refractivity contribution in [3.8, 4) is 5.75 Å². The van der Waals surface area contributed by atoms with Gasteiger partial charge in [-0.1, -0.05) is 12.1 Å². The number of hydrogen-bond donors (Lipinski definition) is 1. The number of carbonyl (C=O) groups excluding carboxylic acids is 1. The van der Waals surface area contributed by atoms with Gasteiger partial charge in [0.1, 0.15) is 11.6 Å². The summed E-state index contributed by atoms with van der Waals surface area (Å²) < 4.78 is 5.19. The number of hydrogen-bond acceptors (Lipinski definition) is 7. The first-order valence-electron chi connectivity index (χ1n) is 12.2. The van der Waals surface area contributed by atoms with E-state index in [1.54, 1.807) is 19.5 Å². The summed E-state index contributed by atoms with van der Waals surface area (Å²) in [5.41, 5.74) is 3.96. The number of aromatic nitrogens is 3. The standard InChI is InChI=1S/C28H30N6O2/c1-20-18-26(33-14-16-34(17-15-33)28-29-12-3-13-30-28)32-25-10-7-22(19-24(20)25)31-27(35)11-6-21-4-8-23(36-2)9-5-21/h3-5,7-10,12-13,18-19H,6,11,14-17H2,1-2H3,(H,31,35). The number of nitrogens with one attached hydrogen (secondary N) is 1. The minimum absolute atomic E-state index is 0.00679. The number of amides is 1. The van der Waals surface area contributed by atoms with Gasteiger partial charge in [-0.15, -0.1) is 0 Å². The molecular weight excluding hydrogens is 452 g/mol. The van der Waals surface area contributed by atoms with E-state index < -0.39 is 0 Å². The molecule has 1 aliphatic heterocycles. The summed E-state index contributed by atoms with van der Waals surface area (Å²) in [7, 11) is 1.65. The lowest BCUT2D eigenvalue weighted by atomic mass is 10.1. The first-order valence-corrected chi connectivity index (χ1v) is 12.2. The van der Waals surface area contributed by atoms with E-state index in [1.807, 2.05) is 48.5 Å². The number of benzene rings is 2. The van der Waals surface area contributed by atoms with E-state index in [4.69, 9.17) is 9.72 Å². The number of piperazine rings is 1. The van der Waals surface area contributed by atoms with Crippen LogP contribution in [0.5, 0.6) is 5.75 Å². The summed E-state index contributed by atoms with van der Waals surface area (Å²) >= 11 is 0. The fourth-order valence-corrected chi connectivity index (χ4v) is 4.48. The van der Waals surface area contributed by atoms with Gasteiger partial charge < -0.3 is 19.9 Å². The van der Waals surface area contributed by atoms with E-state index in [2.05, 4.69) is 38.1 Å². The van der Waals surface area contributed by atoms with Gasteiger partial charge in [0.05, 0.1) is 12.6 Å². The number of rotatable bonds is 7. The second-order valence-electron chi connectivity index (χ2n) is 8.95. The van der Waals surface area contributed by atoms with Crippen molar-refractivity contribution in [2.24, 2.45) is 0 Å². The van der Waals surface area contributed by atoms with E-state index in [1.165, 1.54) is 0 Å². The second-order valence-corrected chi connectivity index (χ2v) is 8.95. The molecule has 1 amide bonds. The van der Waals surface area contributed by atoms with E-state index in [0.717, 1.165) is 71.4 Å². The number of pyridine rings is 1. The van der Waals surface area contributed by atoms with Crippen molar-refractivity contribution in [3.05, 3.63) is 78.1 Å². The molecule has 0 unspecified atom stereocenters. The minimum Gasteiger partial charge on any atom is -0.497 e. The van der Waals surface area contributed by atoms with Crippen molar-refractivity contribution >= 4 is 34.3 Å². The lowest BCUT2D eigenvalue weighted by molar-refractivity contribution is -0.116. The predicted octanol–water partition coefficient (Wildman–Crippen LogP) is 4.24. The quantitative estimate of drug-likeness (QED) is 0.422. The Bertz CT molecular complexity index is 1340. The molecule has 0 atom stereocenters. The molecule has 3 heterocycles. The SMILES string of the molecule is COc1ccc(CCC(=O)Nc2ccc3nc(N4CCN(c5ncccn5)CC4)cc(C)c3c2)cc1. The average molecular weight is 483 g/mol. The van der Waals surface area contributed by atoms with Gasteiger partial charge in [-0.3, -0.25) is 4.79 Å². The van der Waals surface area contributed by atoms with Gasteiger partial charge in [-0.25, -0.2) is 15.0 Å². The zero-order valence-corrected chi connectivity index (χ0v) is 20.6. The number of carbonyl (C=O) groups is 1. The van der Waals surface area contributed by atoms with Crippen LogP contribution in [0.15, 0.2) is 67.0 Å². The molecule has 2 aromatic heterocycles. The van der Waals surface area contributed by atoms with Crippen LogP contribution in [0.2, 0.25) is 0 Å². The number of aryl methyl sites for hydroxylation is 2.